The zero-order chi connectivity index (χ0) is 23.3. The van der Waals surface area contributed by atoms with Crippen LogP contribution >= 0.6 is 22.9 Å². The Balaban J connectivity index is 1.75. The normalized spacial score (nSPS) is 12.3. The van der Waals surface area contributed by atoms with Gasteiger partial charge in [0.2, 0.25) is 0 Å². The molecule has 32 heavy (non-hydrogen) atoms. The van der Waals surface area contributed by atoms with Crippen LogP contribution in [-0.4, -0.2) is 20.5 Å². The maximum atomic E-state index is 13.6. The SMILES string of the molecule is O=C(Nc1cc(C(F)(F)F)ccc1Cl)c1cc2nc(-c3cccs3)cc(C(F)(F)F)n2n1. The number of carbonyl (C=O) groups is 1. The monoisotopic (exact) mass is 490 g/mol. The van der Waals surface area contributed by atoms with E-state index in [0.29, 0.717) is 15.5 Å². The third-order valence-corrected chi connectivity index (χ3v) is 5.49. The number of amides is 1. The molecule has 4 aromatic rings. The molecule has 166 valence electrons. The van der Waals surface area contributed by atoms with Crippen molar-refractivity contribution in [2.45, 2.75) is 12.4 Å². The van der Waals surface area contributed by atoms with E-state index in [9.17, 15) is 31.1 Å². The number of fused-ring (bicyclic) bond motifs is 1. The Hall–Kier alpha value is -3.12. The summed E-state index contributed by atoms with van der Waals surface area (Å²) < 4.78 is 80.0. The fraction of sp³-hybridized carbons (Fsp3) is 0.105. The van der Waals surface area contributed by atoms with Gasteiger partial charge in [0, 0.05) is 6.07 Å². The lowest BCUT2D eigenvalue weighted by Gasteiger charge is -2.11. The Kier molecular flexibility index (Phi) is 5.37. The minimum Gasteiger partial charge on any atom is -0.319 e. The number of thiophene rings is 1. The summed E-state index contributed by atoms with van der Waals surface area (Å²) in [4.78, 5) is 17.1. The van der Waals surface area contributed by atoms with E-state index in [1.54, 1.807) is 17.5 Å². The van der Waals surface area contributed by atoms with Gasteiger partial charge in [0.25, 0.3) is 5.91 Å². The molecule has 1 N–H and O–H groups in total. The molecule has 0 saturated heterocycles. The lowest BCUT2D eigenvalue weighted by atomic mass is 10.2. The highest BCUT2D eigenvalue weighted by molar-refractivity contribution is 7.13. The summed E-state index contributed by atoms with van der Waals surface area (Å²) in [5.74, 6) is -1.05. The fourth-order valence-corrected chi connectivity index (χ4v) is 3.67. The number of nitrogens with zero attached hydrogens (tertiary/aromatic N) is 3. The average Bonchev–Trinajstić information content (AvgIpc) is 3.36. The molecule has 0 aliphatic rings. The van der Waals surface area contributed by atoms with Gasteiger partial charge in [-0.15, -0.1) is 11.3 Å². The second kappa shape index (κ2) is 7.78. The summed E-state index contributed by atoms with van der Waals surface area (Å²) in [5.41, 5.74) is -3.31. The minimum absolute atomic E-state index is 0.0348. The Bertz CT molecular complexity index is 1310. The first-order valence-electron chi connectivity index (χ1n) is 8.63. The van der Waals surface area contributed by atoms with Crippen LogP contribution in [0.3, 0.4) is 0 Å². The number of halogens is 7. The smallest absolute Gasteiger partial charge is 0.319 e. The predicted octanol–water partition coefficient (Wildman–Crippen LogP) is 6.40. The summed E-state index contributed by atoms with van der Waals surface area (Å²) in [5, 5.41) is 7.28. The first-order chi connectivity index (χ1) is 14.9. The van der Waals surface area contributed by atoms with Crippen molar-refractivity contribution in [2.24, 2.45) is 0 Å². The van der Waals surface area contributed by atoms with Crippen LogP contribution in [-0.2, 0) is 12.4 Å². The minimum atomic E-state index is -4.81. The van der Waals surface area contributed by atoms with E-state index in [4.69, 9.17) is 11.6 Å². The molecule has 0 bridgehead atoms. The van der Waals surface area contributed by atoms with Crippen LogP contribution in [0.2, 0.25) is 5.02 Å². The van der Waals surface area contributed by atoms with E-state index in [2.05, 4.69) is 15.4 Å². The number of alkyl halides is 6. The van der Waals surface area contributed by atoms with E-state index in [0.717, 1.165) is 24.3 Å². The van der Waals surface area contributed by atoms with Crippen LogP contribution in [0.5, 0.6) is 0 Å². The molecule has 1 amide bonds. The highest BCUT2D eigenvalue weighted by Crippen LogP contribution is 2.35. The highest BCUT2D eigenvalue weighted by atomic mass is 35.5. The van der Waals surface area contributed by atoms with Crippen molar-refractivity contribution < 1.29 is 31.1 Å². The first kappa shape index (κ1) is 22.1. The van der Waals surface area contributed by atoms with Crippen LogP contribution in [0.25, 0.3) is 16.2 Å². The molecule has 0 radical (unpaired) electrons. The molecule has 0 aliphatic heterocycles. The molecule has 3 heterocycles. The van der Waals surface area contributed by atoms with Crippen LogP contribution < -0.4 is 5.32 Å². The van der Waals surface area contributed by atoms with Gasteiger partial charge < -0.3 is 5.32 Å². The quantitative estimate of drug-likeness (QED) is 0.338. The predicted molar refractivity (Wildman–Crippen MR) is 106 cm³/mol. The topological polar surface area (TPSA) is 59.3 Å². The maximum Gasteiger partial charge on any atom is 0.433 e. The van der Waals surface area contributed by atoms with Crippen molar-refractivity contribution >= 4 is 40.2 Å². The number of rotatable bonds is 3. The summed E-state index contributed by atoms with van der Waals surface area (Å²) in [6.07, 6.45) is -9.49. The molecule has 0 atom stereocenters. The lowest BCUT2D eigenvalue weighted by Crippen LogP contribution is -2.16. The highest BCUT2D eigenvalue weighted by Gasteiger charge is 2.36. The van der Waals surface area contributed by atoms with Gasteiger partial charge in [-0.1, -0.05) is 17.7 Å². The Morgan fingerprint density at radius 1 is 1.03 bits per heavy atom. The van der Waals surface area contributed by atoms with E-state index in [1.165, 1.54) is 11.3 Å². The molecule has 1 aromatic carbocycles. The van der Waals surface area contributed by atoms with Gasteiger partial charge in [0.1, 0.15) is 0 Å². The van der Waals surface area contributed by atoms with Gasteiger partial charge in [-0.3, -0.25) is 4.79 Å². The van der Waals surface area contributed by atoms with Gasteiger partial charge in [-0.05, 0) is 35.7 Å². The number of hydrogen-bond acceptors (Lipinski definition) is 4. The van der Waals surface area contributed by atoms with Crippen molar-refractivity contribution in [3.8, 4) is 10.6 Å². The zero-order valence-electron chi connectivity index (χ0n) is 15.4. The van der Waals surface area contributed by atoms with Crippen LogP contribution in [0.4, 0.5) is 32.0 Å². The van der Waals surface area contributed by atoms with Crippen LogP contribution in [0.1, 0.15) is 21.7 Å². The third-order valence-electron chi connectivity index (χ3n) is 4.27. The molecule has 0 spiro atoms. The average molecular weight is 491 g/mol. The van der Waals surface area contributed by atoms with Crippen molar-refractivity contribution in [1.29, 1.82) is 0 Å². The van der Waals surface area contributed by atoms with Gasteiger partial charge in [-0.25, -0.2) is 9.50 Å². The van der Waals surface area contributed by atoms with Crippen LogP contribution in [0.15, 0.2) is 47.8 Å². The van der Waals surface area contributed by atoms with Crippen LogP contribution in [0, 0.1) is 0 Å². The standard InChI is InChI=1S/C19H9ClF6N4OS/c20-10-4-3-9(18(21,22)23)6-11(10)28-17(31)13-8-16-27-12(14-2-1-5-32-14)7-15(19(24,25)26)30(16)29-13/h1-8H,(H,28,31). The molecular formula is C19H9ClF6N4OS. The first-order valence-corrected chi connectivity index (χ1v) is 9.89. The van der Waals surface area contributed by atoms with E-state index in [1.807, 2.05) is 0 Å². The molecule has 0 saturated carbocycles. The zero-order valence-corrected chi connectivity index (χ0v) is 17.0. The lowest BCUT2D eigenvalue weighted by molar-refractivity contribution is -0.142. The number of anilines is 1. The molecule has 0 unspecified atom stereocenters. The largest absolute Gasteiger partial charge is 0.433 e. The maximum absolute atomic E-state index is 13.6. The van der Waals surface area contributed by atoms with Gasteiger partial charge in [-0.2, -0.15) is 31.4 Å². The molecule has 0 aliphatic carbocycles. The molecule has 13 heteroatoms. The third kappa shape index (κ3) is 4.28. The van der Waals surface area contributed by atoms with Gasteiger partial charge >= 0.3 is 12.4 Å². The van der Waals surface area contributed by atoms with Crippen molar-refractivity contribution in [3.63, 3.8) is 0 Å². The summed E-state index contributed by atoms with van der Waals surface area (Å²) in [6, 6.07) is 7.33. The molecule has 0 fully saturated rings. The molecular weight excluding hydrogens is 482 g/mol. The van der Waals surface area contributed by atoms with E-state index >= 15 is 0 Å². The second-order valence-electron chi connectivity index (χ2n) is 6.45. The Morgan fingerprint density at radius 3 is 2.41 bits per heavy atom. The summed E-state index contributed by atoms with van der Waals surface area (Å²) in [7, 11) is 0. The van der Waals surface area contributed by atoms with Gasteiger partial charge in [0.15, 0.2) is 17.0 Å². The molecule has 3 aromatic heterocycles. The fourth-order valence-electron chi connectivity index (χ4n) is 2.82. The number of benzene rings is 1. The summed E-state index contributed by atoms with van der Waals surface area (Å²) >= 11 is 7.03. The second-order valence-corrected chi connectivity index (χ2v) is 7.80. The van der Waals surface area contributed by atoms with Crippen molar-refractivity contribution in [3.05, 3.63) is 69.8 Å². The van der Waals surface area contributed by atoms with E-state index < -0.39 is 35.2 Å². The Labute approximate surface area is 184 Å². The number of aromatic nitrogens is 3. The number of carbonyl (C=O) groups excluding carboxylic acids is 1. The van der Waals surface area contributed by atoms with Gasteiger partial charge in [0.05, 0.1) is 26.8 Å². The van der Waals surface area contributed by atoms with Crippen molar-refractivity contribution in [2.75, 3.05) is 5.32 Å². The van der Waals surface area contributed by atoms with E-state index in [-0.39, 0.29) is 22.1 Å². The number of nitrogens with one attached hydrogen (secondary N) is 1. The number of hydrogen-bond donors (Lipinski definition) is 1. The molecule has 5 nitrogen and oxygen atoms in total. The summed E-state index contributed by atoms with van der Waals surface area (Å²) in [6.45, 7) is 0. The van der Waals surface area contributed by atoms with Crippen molar-refractivity contribution in [1.82, 2.24) is 14.6 Å². The Morgan fingerprint density at radius 2 is 1.78 bits per heavy atom. The molecule has 4 rings (SSSR count).